The lowest BCUT2D eigenvalue weighted by Crippen LogP contribution is -2.36. The largest absolute Gasteiger partial charge is 0.481 e. The molecule has 7 heteroatoms. The van der Waals surface area contributed by atoms with Gasteiger partial charge >= 0.3 is 5.97 Å². The molecule has 3 rings (SSSR count). The zero-order valence-electron chi connectivity index (χ0n) is 9.31. The molecule has 4 atom stereocenters. The highest BCUT2D eigenvalue weighted by molar-refractivity contribution is 7.10. The van der Waals surface area contributed by atoms with E-state index in [1.807, 2.05) is 12.2 Å². The summed E-state index contributed by atoms with van der Waals surface area (Å²) in [5.74, 6) is -2.21. The van der Waals surface area contributed by atoms with Crippen molar-refractivity contribution in [3.63, 3.8) is 0 Å². The second-order valence-electron chi connectivity index (χ2n) is 4.61. The van der Waals surface area contributed by atoms with E-state index >= 15 is 0 Å². The number of aromatic nitrogens is 2. The van der Waals surface area contributed by atoms with Crippen LogP contribution in [0.3, 0.4) is 0 Å². The van der Waals surface area contributed by atoms with Crippen LogP contribution in [0.4, 0.5) is 5.00 Å². The fourth-order valence-electron chi connectivity index (χ4n) is 2.94. The molecule has 1 aromatic heterocycles. The number of nitrogens with one attached hydrogen (secondary N) is 1. The summed E-state index contributed by atoms with van der Waals surface area (Å²) in [6.45, 7) is 0. The van der Waals surface area contributed by atoms with Crippen molar-refractivity contribution < 1.29 is 14.7 Å². The Hall–Kier alpha value is -1.76. The van der Waals surface area contributed by atoms with Gasteiger partial charge in [0.2, 0.25) is 5.91 Å². The monoisotopic (exact) mass is 265 g/mol. The number of allylic oxidation sites excluding steroid dienone is 2. The predicted octanol–water partition coefficient (Wildman–Crippen LogP) is 1.000. The number of anilines is 1. The van der Waals surface area contributed by atoms with E-state index in [0.717, 1.165) is 18.0 Å². The average molecular weight is 265 g/mol. The number of carboxylic acids is 1. The zero-order chi connectivity index (χ0) is 12.7. The Morgan fingerprint density at radius 2 is 2.06 bits per heavy atom. The minimum absolute atomic E-state index is 0.0113. The molecule has 1 saturated carbocycles. The quantitative estimate of drug-likeness (QED) is 0.795. The van der Waals surface area contributed by atoms with E-state index in [9.17, 15) is 14.7 Å². The normalized spacial score (nSPS) is 32.7. The first-order chi connectivity index (χ1) is 8.66. The molecule has 0 spiro atoms. The Morgan fingerprint density at radius 3 is 2.67 bits per heavy atom. The maximum atomic E-state index is 12.2. The molecule has 1 fully saturated rings. The fourth-order valence-corrected chi connectivity index (χ4v) is 3.37. The lowest BCUT2D eigenvalue weighted by Gasteiger charge is -2.23. The molecule has 0 saturated heterocycles. The summed E-state index contributed by atoms with van der Waals surface area (Å²) in [6, 6.07) is 0. The number of hydrogen-bond acceptors (Lipinski definition) is 5. The Bertz CT molecular complexity index is 514. The molecule has 1 amide bonds. The van der Waals surface area contributed by atoms with Gasteiger partial charge in [-0.1, -0.05) is 16.6 Å². The second kappa shape index (κ2) is 4.16. The van der Waals surface area contributed by atoms with Crippen LogP contribution in [0.1, 0.15) is 6.42 Å². The van der Waals surface area contributed by atoms with E-state index in [0.29, 0.717) is 5.00 Å². The van der Waals surface area contributed by atoms with Gasteiger partial charge in [0, 0.05) is 11.5 Å². The lowest BCUT2D eigenvalue weighted by molar-refractivity contribution is -0.146. The predicted molar refractivity (Wildman–Crippen MR) is 63.9 cm³/mol. The SMILES string of the molecule is O=C(O)[C@@H]1C2C=CC(C2)[C@@H]1C(=O)Nc1cnns1. The molecule has 18 heavy (non-hydrogen) atoms. The molecule has 94 valence electrons. The second-order valence-corrected chi connectivity index (χ2v) is 5.39. The van der Waals surface area contributed by atoms with Crippen molar-refractivity contribution in [1.82, 2.24) is 9.59 Å². The van der Waals surface area contributed by atoms with Gasteiger partial charge in [-0.15, -0.1) is 5.10 Å². The van der Waals surface area contributed by atoms with Crippen LogP contribution in [0.15, 0.2) is 18.3 Å². The molecule has 0 aliphatic heterocycles. The van der Waals surface area contributed by atoms with Crippen molar-refractivity contribution in [3.05, 3.63) is 18.3 Å². The molecule has 2 aliphatic carbocycles. The topological polar surface area (TPSA) is 92.2 Å². The standard InChI is InChI=1S/C11H11N3O3S/c15-10(13-7-4-12-14-18-7)8-5-1-2-6(3-5)9(8)11(16)17/h1-2,4-6,8-9H,3H2,(H,13,15)(H,16,17)/t5?,6?,8-,9+/m0/s1. The summed E-state index contributed by atoms with van der Waals surface area (Å²) in [5, 5.41) is 16.1. The molecule has 2 aliphatic rings. The average Bonchev–Trinajstić information content (AvgIpc) is 3.03. The number of carbonyl (C=O) groups excluding carboxylic acids is 1. The summed E-state index contributed by atoms with van der Waals surface area (Å²) in [7, 11) is 0. The first-order valence-corrected chi connectivity index (χ1v) is 6.43. The van der Waals surface area contributed by atoms with Gasteiger partial charge in [0.25, 0.3) is 0 Å². The van der Waals surface area contributed by atoms with Gasteiger partial charge in [0.05, 0.1) is 18.0 Å². The van der Waals surface area contributed by atoms with Gasteiger partial charge in [-0.2, -0.15) is 0 Å². The Labute approximate surface area is 107 Å². The molecule has 0 aromatic carbocycles. The van der Waals surface area contributed by atoms with Crippen LogP contribution in [0.5, 0.6) is 0 Å². The number of hydrogen-bond donors (Lipinski definition) is 2. The van der Waals surface area contributed by atoms with Gasteiger partial charge in [-0.3, -0.25) is 9.59 Å². The van der Waals surface area contributed by atoms with Crippen LogP contribution in [-0.2, 0) is 9.59 Å². The van der Waals surface area contributed by atoms with Gasteiger partial charge in [0.1, 0.15) is 5.00 Å². The highest BCUT2D eigenvalue weighted by atomic mass is 32.1. The molecule has 2 unspecified atom stereocenters. The highest BCUT2D eigenvalue weighted by Gasteiger charge is 2.51. The Morgan fingerprint density at radius 1 is 1.33 bits per heavy atom. The minimum Gasteiger partial charge on any atom is -0.481 e. The van der Waals surface area contributed by atoms with Crippen LogP contribution in [0.25, 0.3) is 0 Å². The summed E-state index contributed by atoms with van der Waals surface area (Å²) >= 11 is 1.08. The van der Waals surface area contributed by atoms with E-state index in [4.69, 9.17) is 0 Å². The molecular formula is C11H11N3O3S. The first-order valence-electron chi connectivity index (χ1n) is 5.66. The van der Waals surface area contributed by atoms with Gasteiger partial charge in [0.15, 0.2) is 0 Å². The van der Waals surface area contributed by atoms with Crippen LogP contribution in [-0.4, -0.2) is 26.6 Å². The third kappa shape index (κ3) is 1.71. The van der Waals surface area contributed by atoms with E-state index in [1.165, 1.54) is 6.20 Å². The number of carboxylic acid groups (broad SMARTS) is 1. The van der Waals surface area contributed by atoms with E-state index < -0.39 is 17.8 Å². The van der Waals surface area contributed by atoms with Crippen LogP contribution in [0, 0.1) is 23.7 Å². The summed E-state index contributed by atoms with van der Waals surface area (Å²) in [4.78, 5) is 23.4. The zero-order valence-corrected chi connectivity index (χ0v) is 10.1. The smallest absolute Gasteiger partial charge is 0.307 e. The Kier molecular flexibility index (Phi) is 2.62. The van der Waals surface area contributed by atoms with Gasteiger partial charge in [-0.25, -0.2) is 0 Å². The van der Waals surface area contributed by atoms with Crippen LogP contribution < -0.4 is 5.32 Å². The maximum Gasteiger partial charge on any atom is 0.307 e. The van der Waals surface area contributed by atoms with Gasteiger partial charge < -0.3 is 10.4 Å². The van der Waals surface area contributed by atoms with Crippen molar-refractivity contribution in [2.24, 2.45) is 23.7 Å². The number of nitrogens with zero attached hydrogens (tertiary/aromatic N) is 2. The fraction of sp³-hybridized carbons (Fsp3) is 0.455. The number of aliphatic carboxylic acids is 1. The molecule has 6 nitrogen and oxygen atoms in total. The van der Waals surface area contributed by atoms with Crippen LogP contribution >= 0.6 is 11.5 Å². The number of fused-ring (bicyclic) bond motifs is 2. The van der Waals surface area contributed by atoms with Gasteiger partial charge in [-0.05, 0) is 18.3 Å². The van der Waals surface area contributed by atoms with Crippen molar-refractivity contribution in [2.75, 3.05) is 5.32 Å². The van der Waals surface area contributed by atoms with Crippen LogP contribution in [0.2, 0.25) is 0 Å². The summed E-state index contributed by atoms with van der Waals surface area (Å²) in [5.41, 5.74) is 0. The highest BCUT2D eigenvalue weighted by Crippen LogP contribution is 2.48. The molecule has 2 bridgehead atoms. The van der Waals surface area contributed by atoms with Crippen molar-refractivity contribution >= 4 is 28.4 Å². The molecular weight excluding hydrogens is 254 g/mol. The minimum atomic E-state index is -0.894. The number of rotatable bonds is 3. The molecule has 1 heterocycles. The molecule has 2 N–H and O–H groups in total. The number of carbonyl (C=O) groups is 2. The van der Waals surface area contributed by atoms with E-state index in [1.54, 1.807) is 0 Å². The lowest BCUT2D eigenvalue weighted by atomic mass is 9.82. The molecule has 0 radical (unpaired) electrons. The number of amides is 1. The first kappa shape index (κ1) is 11.3. The third-order valence-corrected chi connectivity index (χ3v) is 4.23. The summed E-state index contributed by atoms with van der Waals surface area (Å²) < 4.78 is 3.65. The molecule has 1 aromatic rings. The van der Waals surface area contributed by atoms with Crippen molar-refractivity contribution in [1.29, 1.82) is 0 Å². The van der Waals surface area contributed by atoms with Crippen molar-refractivity contribution in [3.8, 4) is 0 Å². The Balaban J connectivity index is 1.80. The van der Waals surface area contributed by atoms with E-state index in [2.05, 4.69) is 14.9 Å². The summed E-state index contributed by atoms with van der Waals surface area (Å²) in [6.07, 6.45) is 6.10. The van der Waals surface area contributed by atoms with E-state index in [-0.39, 0.29) is 17.7 Å². The maximum absolute atomic E-state index is 12.2. The third-order valence-electron chi connectivity index (χ3n) is 3.65. The van der Waals surface area contributed by atoms with Crippen molar-refractivity contribution in [2.45, 2.75) is 6.42 Å².